The second-order valence-electron chi connectivity index (χ2n) is 0. The van der Waals surface area contributed by atoms with E-state index >= 15 is 0 Å². The van der Waals surface area contributed by atoms with Crippen LogP contribution >= 0.6 is 0 Å². The van der Waals surface area contributed by atoms with Crippen molar-refractivity contribution in [2.24, 2.45) is 0 Å². The summed E-state index contributed by atoms with van der Waals surface area (Å²) in [5, 5.41) is 0. The zero-order valence-electron chi connectivity index (χ0n) is 2.71. The summed E-state index contributed by atoms with van der Waals surface area (Å²) in [6, 6.07) is 0. The number of rotatable bonds is 0. The Labute approximate surface area is 99.5 Å². The molecule has 32 valence electrons. The van der Waals surface area contributed by atoms with Crippen LogP contribution in [0.2, 0.25) is 0 Å². The van der Waals surface area contributed by atoms with E-state index in [4.69, 9.17) is 0 Å². The second kappa shape index (κ2) is 45.9. The minimum atomic E-state index is 0. The zero-order valence-corrected chi connectivity index (χ0v) is 10.3. The largest absolute Gasteiger partial charge is 3.00 e. The first-order valence-electron chi connectivity index (χ1n) is 0. The predicted molar refractivity (Wildman–Crippen MR) is 17.1 cm³/mol. The Morgan fingerprint density at radius 2 is 0.667 bits per heavy atom. The Kier molecular flexibility index (Phi) is 522. The van der Waals surface area contributed by atoms with Crippen molar-refractivity contribution < 1.29 is 66.8 Å². The third-order valence-corrected chi connectivity index (χ3v) is 0. The molecule has 0 saturated carbocycles. The molecule has 0 radical (unpaired) electrons. The van der Waals surface area contributed by atoms with Gasteiger partial charge in [-0.2, -0.15) is 0 Å². The molecule has 0 nitrogen and oxygen atoms in total. The van der Waals surface area contributed by atoms with Crippen molar-refractivity contribution in [2.75, 3.05) is 0 Å². The number of hydrogen-bond donors (Lipinski definition) is 0. The van der Waals surface area contributed by atoms with Crippen LogP contribution in [0.1, 0.15) is 0 Å². The quantitative estimate of drug-likeness (QED) is 0.379. The van der Waals surface area contributed by atoms with Gasteiger partial charge >= 0.3 is 55.4 Å². The van der Waals surface area contributed by atoms with Gasteiger partial charge in [-0.05, 0) is 0 Å². The smallest absolute Gasteiger partial charge is 1.00 e. The molecule has 0 unspecified atom stereocenters. The van der Waals surface area contributed by atoms with E-state index in [1.165, 1.54) is 0 Å². The van der Waals surface area contributed by atoms with Crippen molar-refractivity contribution in [3.63, 3.8) is 0 Å². The average molecular weight is 259 g/mol. The minimum absolute atomic E-state index is 0. The average Bonchev–Trinajstić information content (AvgIpc) is 0. The molecule has 0 bridgehead atoms. The first-order valence-corrected chi connectivity index (χ1v) is 0. The van der Waals surface area contributed by atoms with Crippen LogP contribution in [-0.2, 0) is 0 Å². The van der Waals surface area contributed by atoms with Crippen molar-refractivity contribution in [1.82, 2.24) is 0 Å². The van der Waals surface area contributed by atoms with Crippen molar-refractivity contribution in [3.05, 3.63) is 0 Å². The molecule has 0 spiro atoms. The molecular weight excluding hydrogens is 255 g/mol. The molecule has 0 fully saturated rings. The molecule has 0 aliphatic carbocycles. The fourth-order valence-electron chi connectivity index (χ4n) is 0. The van der Waals surface area contributed by atoms with Crippen LogP contribution in [0, 0.1) is 0 Å². The Bertz CT molecular complexity index is 10.8. The van der Waals surface area contributed by atoms with E-state index in [1.807, 2.05) is 0 Å². The summed E-state index contributed by atoms with van der Waals surface area (Å²) in [5.74, 6) is 0. The molecule has 0 aliphatic heterocycles. The van der Waals surface area contributed by atoms with Crippen LogP contribution in [0.5, 0.6) is 0 Å². The summed E-state index contributed by atoms with van der Waals surface area (Å²) in [6.07, 6.45) is 0. The van der Waals surface area contributed by atoms with Gasteiger partial charge in [-0.1, -0.05) is 8.41 Å². The van der Waals surface area contributed by atoms with Gasteiger partial charge in [-0.3, -0.25) is 0 Å². The first-order chi connectivity index (χ1) is 0. The van der Waals surface area contributed by atoms with Gasteiger partial charge in [0.05, 0.1) is 0 Å². The Morgan fingerprint density at radius 3 is 0.667 bits per heavy atom. The summed E-state index contributed by atoms with van der Waals surface area (Å²) >= 11 is 0. The van der Waals surface area contributed by atoms with E-state index < -0.39 is 0 Å². The molecule has 0 aromatic carbocycles. The van der Waals surface area contributed by atoms with Gasteiger partial charge in [0.2, 0.25) is 0 Å². The normalized spacial score (nSPS) is 0. The topological polar surface area (TPSA) is 0 Å². The summed E-state index contributed by atoms with van der Waals surface area (Å²) in [6.45, 7) is 0. The minimum Gasteiger partial charge on any atom is -1.00 e. The molecule has 0 N–H and O–H groups in total. The van der Waals surface area contributed by atoms with E-state index in [9.17, 15) is 0 Å². The van der Waals surface area contributed by atoms with Crippen molar-refractivity contribution in [1.29, 1.82) is 0 Å². The third-order valence-electron chi connectivity index (χ3n) is 0. The van der Waals surface area contributed by atoms with Crippen molar-refractivity contribution in [3.8, 4) is 0 Å². The van der Waals surface area contributed by atoms with Crippen LogP contribution < -0.4 is 66.8 Å². The van der Waals surface area contributed by atoms with Gasteiger partial charge in [-0.15, -0.1) is 0 Å². The van der Waals surface area contributed by atoms with Crippen LogP contribution in [0.25, 0.3) is 0 Å². The van der Waals surface area contributed by atoms with Crippen molar-refractivity contribution in [2.45, 2.75) is 0 Å². The van der Waals surface area contributed by atoms with Crippen LogP contribution in [0.15, 0.2) is 0 Å². The van der Waals surface area contributed by atoms with E-state index in [1.54, 1.807) is 0 Å². The number of hydrogen-bond acceptors (Lipinski definition) is 0. The van der Waals surface area contributed by atoms with E-state index in [-0.39, 0.29) is 101 Å². The molecule has 0 atom stereocenters. The Balaban J connectivity index is 0. The SMILES string of the molecule is [BH4-].[Cl-].[Cl-].[Cl-].[In+3].[Na+]. The molecule has 0 rings (SSSR count). The monoisotopic (exact) mass is 258 g/mol. The Morgan fingerprint density at radius 1 is 0.667 bits per heavy atom. The van der Waals surface area contributed by atoms with Crippen LogP contribution in [0.3, 0.4) is 0 Å². The third kappa shape index (κ3) is 29.1. The van der Waals surface area contributed by atoms with Gasteiger partial charge in [0.15, 0.2) is 0 Å². The second-order valence-corrected chi connectivity index (χ2v) is 0. The molecule has 0 aromatic rings. The maximum atomic E-state index is 0. The summed E-state index contributed by atoms with van der Waals surface area (Å²) in [7, 11) is 0. The van der Waals surface area contributed by atoms with Gasteiger partial charge in [0.1, 0.15) is 0 Å². The van der Waals surface area contributed by atoms with Crippen LogP contribution in [-0.4, -0.2) is 34.3 Å². The van der Waals surface area contributed by atoms with E-state index in [2.05, 4.69) is 0 Å². The molecule has 0 saturated heterocycles. The maximum absolute atomic E-state index is 0. The zero-order chi connectivity index (χ0) is 0. The maximum Gasteiger partial charge on any atom is 3.00 e. The number of halogens is 3. The molecule has 0 aliphatic rings. The molecular formula is H4BCl3InNa. The van der Waals surface area contributed by atoms with Crippen LogP contribution in [0.4, 0.5) is 0 Å². The van der Waals surface area contributed by atoms with Gasteiger partial charge in [-0.25, -0.2) is 0 Å². The summed E-state index contributed by atoms with van der Waals surface area (Å²) < 4.78 is 0. The van der Waals surface area contributed by atoms with Gasteiger partial charge < -0.3 is 37.2 Å². The fourth-order valence-corrected chi connectivity index (χ4v) is 0. The fraction of sp³-hybridized carbons (Fsp3) is 0. The standard InChI is InChI=1S/BH4.3ClH.In.Na/h1H4;3*1H;;/q-1;;;;+3;+1/p-3. The van der Waals surface area contributed by atoms with Crippen molar-refractivity contribution >= 4 is 34.3 Å². The molecule has 6 heteroatoms. The molecule has 6 heavy (non-hydrogen) atoms. The first kappa shape index (κ1) is 68.2. The van der Waals surface area contributed by atoms with E-state index in [0.717, 1.165) is 0 Å². The van der Waals surface area contributed by atoms with E-state index in [0.29, 0.717) is 0 Å². The predicted octanol–water partition coefficient (Wildman–Crippen LogP) is -13.8. The molecule has 0 amide bonds. The molecule has 0 heterocycles. The van der Waals surface area contributed by atoms with Gasteiger partial charge in [0, 0.05) is 0 Å². The molecule has 0 aromatic heterocycles. The Hall–Kier alpha value is 2.81. The summed E-state index contributed by atoms with van der Waals surface area (Å²) in [4.78, 5) is 0. The van der Waals surface area contributed by atoms with Gasteiger partial charge in [0.25, 0.3) is 0 Å². The summed E-state index contributed by atoms with van der Waals surface area (Å²) in [5.41, 5.74) is 0.